The zero-order chi connectivity index (χ0) is 17.1. The first-order valence-corrected chi connectivity index (χ1v) is 7.86. The van der Waals surface area contributed by atoms with E-state index in [4.69, 9.17) is 4.42 Å². The summed E-state index contributed by atoms with van der Waals surface area (Å²) < 4.78 is 7.86. The van der Waals surface area contributed by atoms with Gasteiger partial charge in [0.15, 0.2) is 11.8 Å². The molecule has 0 saturated heterocycles. The molecule has 1 aromatic carbocycles. The summed E-state index contributed by atoms with van der Waals surface area (Å²) in [6.07, 6.45) is 0. The van der Waals surface area contributed by atoms with Gasteiger partial charge in [0.1, 0.15) is 17.2 Å². The van der Waals surface area contributed by atoms with Gasteiger partial charge >= 0.3 is 0 Å². The summed E-state index contributed by atoms with van der Waals surface area (Å²) in [5.74, 6) is 3.34. The SMILES string of the molecule is CN=C(NCc1oc2ccccc2c1C)NCc1nnc(C)n1C. The normalized spacial score (nSPS) is 11.9. The molecule has 0 spiro atoms. The Labute approximate surface area is 140 Å². The molecule has 7 heteroatoms. The number of nitrogens with one attached hydrogen (secondary N) is 2. The number of hydrogen-bond acceptors (Lipinski definition) is 4. The van der Waals surface area contributed by atoms with Gasteiger partial charge in [-0.15, -0.1) is 10.2 Å². The molecule has 3 rings (SSSR count). The van der Waals surface area contributed by atoms with E-state index in [0.717, 1.165) is 33.9 Å². The van der Waals surface area contributed by atoms with Gasteiger partial charge in [-0.2, -0.15) is 0 Å². The van der Waals surface area contributed by atoms with Gasteiger partial charge in [-0.3, -0.25) is 4.99 Å². The third-order valence-corrected chi connectivity index (χ3v) is 4.18. The van der Waals surface area contributed by atoms with E-state index in [9.17, 15) is 0 Å². The number of aliphatic imine (C=N–C) groups is 1. The molecule has 0 bridgehead atoms. The van der Waals surface area contributed by atoms with Gasteiger partial charge in [-0.1, -0.05) is 18.2 Å². The van der Waals surface area contributed by atoms with E-state index in [1.807, 2.05) is 36.7 Å². The molecule has 0 radical (unpaired) electrons. The van der Waals surface area contributed by atoms with Crippen LogP contribution >= 0.6 is 0 Å². The average Bonchev–Trinajstić information content (AvgIpc) is 3.09. The highest BCUT2D eigenvalue weighted by Gasteiger charge is 2.11. The molecule has 126 valence electrons. The van der Waals surface area contributed by atoms with Crippen molar-refractivity contribution >= 4 is 16.9 Å². The smallest absolute Gasteiger partial charge is 0.191 e. The van der Waals surface area contributed by atoms with Crippen LogP contribution in [0.5, 0.6) is 0 Å². The minimum absolute atomic E-state index is 0.552. The summed E-state index contributed by atoms with van der Waals surface area (Å²) in [6, 6.07) is 8.05. The van der Waals surface area contributed by atoms with Crippen LogP contribution in [0.4, 0.5) is 0 Å². The van der Waals surface area contributed by atoms with Gasteiger partial charge in [-0.05, 0) is 19.9 Å². The van der Waals surface area contributed by atoms with Crippen molar-refractivity contribution in [1.29, 1.82) is 0 Å². The molecule has 0 aliphatic carbocycles. The van der Waals surface area contributed by atoms with Crippen LogP contribution in [0.1, 0.15) is 23.0 Å². The van der Waals surface area contributed by atoms with Crippen LogP contribution in [0.2, 0.25) is 0 Å². The maximum Gasteiger partial charge on any atom is 0.191 e. The van der Waals surface area contributed by atoms with Crippen LogP contribution in [0.3, 0.4) is 0 Å². The predicted molar refractivity (Wildman–Crippen MR) is 93.7 cm³/mol. The summed E-state index contributed by atoms with van der Waals surface area (Å²) in [5.41, 5.74) is 2.06. The molecular formula is C17H22N6O. The molecule has 0 fully saturated rings. The fourth-order valence-electron chi connectivity index (χ4n) is 2.55. The van der Waals surface area contributed by atoms with Crippen molar-refractivity contribution in [2.75, 3.05) is 7.05 Å². The first kappa shape index (κ1) is 16.0. The van der Waals surface area contributed by atoms with Gasteiger partial charge in [0.05, 0.1) is 13.1 Å². The second kappa shape index (κ2) is 6.74. The van der Waals surface area contributed by atoms with Crippen LogP contribution in [-0.2, 0) is 20.1 Å². The lowest BCUT2D eigenvalue weighted by Gasteiger charge is -2.11. The van der Waals surface area contributed by atoms with E-state index in [1.54, 1.807) is 7.05 Å². The zero-order valence-corrected chi connectivity index (χ0v) is 14.4. The van der Waals surface area contributed by atoms with Crippen LogP contribution in [-0.4, -0.2) is 27.8 Å². The average molecular weight is 326 g/mol. The molecule has 0 aliphatic heterocycles. The van der Waals surface area contributed by atoms with E-state index in [0.29, 0.717) is 19.0 Å². The Balaban J connectivity index is 1.63. The van der Waals surface area contributed by atoms with Crippen molar-refractivity contribution < 1.29 is 4.42 Å². The van der Waals surface area contributed by atoms with E-state index in [-0.39, 0.29) is 0 Å². The quantitative estimate of drug-likeness (QED) is 0.566. The van der Waals surface area contributed by atoms with Crippen LogP contribution < -0.4 is 10.6 Å². The first-order valence-electron chi connectivity index (χ1n) is 7.86. The van der Waals surface area contributed by atoms with Gasteiger partial charge in [0.2, 0.25) is 0 Å². The largest absolute Gasteiger partial charge is 0.459 e. The van der Waals surface area contributed by atoms with Crippen molar-refractivity contribution in [3.63, 3.8) is 0 Å². The number of para-hydroxylation sites is 1. The number of nitrogens with zero attached hydrogens (tertiary/aromatic N) is 4. The number of guanidine groups is 1. The monoisotopic (exact) mass is 326 g/mol. The molecule has 2 N–H and O–H groups in total. The highest BCUT2D eigenvalue weighted by atomic mass is 16.3. The van der Waals surface area contributed by atoms with Gasteiger partial charge in [0, 0.05) is 25.0 Å². The van der Waals surface area contributed by atoms with Crippen LogP contribution in [0.15, 0.2) is 33.7 Å². The van der Waals surface area contributed by atoms with Crippen LogP contribution in [0.25, 0.3) is 11.0 Å². The number of aryl methyl sites for hydroxylation is 2. The van der Waals surface area contributed by atoms with E-state index >= 15 is 0 Å². The maximum atomic E-state index is 5.91. The molecular weight excluding hydrogens is 304 g/mol. The lowest BCUT2D eigenvalue weighted by atomic mass is 10.1. The van der Waals surface area contributed by atoms with Crippen molar-refractivity contribution in [2.24, 2.45) is 12.0 Å². The summed E-state index contributed by atoms with van der Waals surface area (Å²) in [6.45, 7) is 5.11. The fourth-order valence-corrected chi connectivity index (χ4v) is 2.55. The number of benzene rings is 1. The molecule has 0 unspecified atom stereocenters. The van der Waals surface area contributed by atoms with Crippen molar-refractivity contribution in [1.82, 2.24) is 25.4 Å². The Morgan fingerprint density at radius 1 is 1.17 bits per heavy atom. The third-order valence-electron chi connectivity index (χ3n) is 4.18. The lowest BCUT2D eigenvalue weighted by Crippen LogP contribution is -2.37. The van der Waals surface area contributed by atoms with Gasteiger partial charge in [0.25, 0.3) is 0 Å². The number of aromatic nitrogens is 3. The second-order valence-corrected chi connectivity index (χ2v) is 5.65. The Bertz CT molecular complexity index is 876. The number of fused-ring (bicyclic) bond motifs is 1. The lowest BCUT2D eigenvalue weighted by molar-refractivity contribution is 0.534. The molecule has 24 heavy (non-hydrogen) atoms. The summed E-state index contributed by atoms with van der Waals surface area (Å²) in [7, 11) is 3.68. The predicted octanol–water partition coefficient (Wildman–Crippen LogP) is 2.04. The molecule has 0 amide bonds. The molecule has 0 saturated carbocycles. The molecule has 3 aromatic rings. The molecule has 2 heterocycles. The molecule has 2 aromatic heterocycles. The topological polar surface area (TPSA) is 80.3 Å². The van der Waals surface area contributed by atoms with Crippen molar-refractivity contribution in [3.05, 3.63) is 47.2 Å². The Morgan fingerprint density at radius 2 is 1.92 bits per heavy atom. The van der Waals surface area contributed by atoms with Gasteiger partial charge < -0.3 is 19.6 Å². The maximum absolute atomic E-state index is 5.91. The Hall–Kier alpha value is -2.83. The Kier molecular flexibility index (Phi) is 4.50. The molecule has 7 nitrogen and oxygen atoms in total. The van der Waals surface area contributed by atoms with Crippen LogP contribution in [0, 0.1) is 13.8 Å². The van der Waals surface area contributed by atoms with Gasteiger partial charge in [-0.25, -0.2) is 0 Å². The highest BCUT2D eigenvalue weighted by molar-refractivity contribution is 5.82. The fraction of sp³-hybridized carbons (Fsp3) is 0.353. The first-order chi connectivity index (χ1) is 11.6. The summed E-state index contributed by atoms with van der Waals surface area (Å²) in [4.78, 5) is 4.23. The Morgan fingerprint density at radius 3 is 2.58 bits per heavy atom. The minimum Gasteiger partial charge on any atom is -0.459 e. The molecule has 0 aliphatic rings. The van der Waals surface area contributed by atoms with Crippen molar-refractivity contribution in [3.8, 4) is 0 Å². The van der Waals surface area contributed by atoms with E-state index in [1.165, 1.54) is 0 Å². The van der Waals surface area contributed by atoms with E-state index < -0.39 is 0 Å². The zero-order valence-electron chi connectivity index (χ0n) is 14.4. The second-order valence-electron chi connectivity index (χ2n) is 5.65. The van der Waals surface area contributed by atoms with E-state index in [2.05, 4.69) is 38.8 Å². The number of furan rings is 1. The molecule has 0 atom stereocenters. The standard InChI is InChI=1S/C17H22N6O/c1-11-13-7-5-6-8-14(13)24-15(11)9-19-17(18-3)20-10-16-22-21-12(2)23(16)4/h5-8H,9-10H2,1-4H3,(H2,18,19,20). The number of rotatable bonds is 4. The number of hydrogen-bond donors (Lipinski definition) is 2. The summed E-state index contributed by atoms with van der Waals surface area (Å²) >= 11 is 0. The van der Waals surface area contributed by atoms with Crippen molar-refractivity contribution in [2.45, 2.75) is 26.9 Å². The minimum atomic E-state index is 0.552. The third kappa shape index (κ3) is 3.10. The summed E-state index contributed by atoms with van der Waals surface area (Å²) in [5, 5.41) is 15.8. The highest BCUT2D eigenvalue weighted by Crippen LogP contribution is 2.24.